The van der Waals surface area contributed by atoms with Crippen LogP contribution >= 0.6 is 0 Å². The summed E-state index contributed by atoms with van der Waals surface area (Å²) in [6.07, 6.45) is 13.6. The zero-order valence-corrected chi connectivity index (χ0v) is 12.6. The third kappa shape index (κ3) is 10.8. The van der Waals surface area contributed by atoms with Gasteiger partial charge in [0.25, 0.3) is 0 Å². The molecule has 0 aliphatic carbocycles. The van der Waals surface area contributed by atoms with Gasteiger partial charge in [0.2, 0.25) is 0 Å². The highest BCUT2D eigenvalue weighted by Crippen LogP contribution is 2.22. The molecule has 1 N–H and O–H groups in total. The molecule has 1 atom stereocenters. The van der Waals surface area contributed by atoms with E-state index in [0.29, 0.717) is 5.92 Å². The predicted molar refractivity (Wildman–Crippen MR) is 77.3 cm³/mol. The van der Waals surface area contributed by atoms with E-state index in [9.17, 15) is 5.11 Å². The zero-order chi connectivity index (χ0) is 13.1. The molecule has 1 heteroatoms. The summed E-state index contributed by atoms with van der Waals surface area (Å²) in [7, 11) is 0. The Kier molecular flexibility index (Phi) is 9.91. The molecule has 0 radical (unpaired) electrons. The van der Waals surface area contributed by atoms with Gasteiger partial charge in [0, 0.05) is 0 Å². The minimum absolute atomic E-state index is 0.423. The van der Waals surface area contributed by atoms with Crippen LogP contribution in [0.2, 0.25) is 0 Å². The fourth-order valence-corrected chi connectivity index (χ4v) is 2.11. The summed E-state index contributed by atoms with van der Waals surface area (Å²) >= 11 is 0. The van der Waals surface area contributed by atoms with Crippen molar-refractivity contribution >= 4 is 0 Å². The van der Waals surface area contributed by atoms with Gasteiger partial charge < -0.3 is 5.11 Å². The molecular weight excluding hydrogens is 208 g/mol. The van der Waals surface area contributed by atoms with Crippen LogP contribution in [0.1, 0.15) is 91.9 Å². The van der Waals surface area contributed by atoms with E-state index < -0.39 is 5.60 Å². The number of rotatable bonds is 11. The number of aliphatic hydroxyl groups is 1. The van der Waals surface area contributed by atoms with Crippen LogP contribution in [0, 0.1) is 5.92 Å². The molecular formula is C16H34O. The quantitative estimate of drug-likeness (QED) is 0.486. The van der Waals surface area contributed by atoms with Crippen LogP contribution in [0.4, 0.5) is 0 Å². The Morgan fingerprint density at radius 3 is 1.65 bits per heavy atom. The summed E-state index contributed by atoms with van der Waals surface area (Å²) in [5.41, 5.74) is -0.500. The average Bonchev–Trinajstić information content (AvgIpc) is 2.25. The van der Waals surface area contributed by atoms with Crippen molar-refractivity contribution in [1.29, 1.82) is 0 Å². The van der Waals surface area contributed by atoms with Crippen LogP contribution in [0.25, 0.3) is 0 Å². The van der Waals surface area contributed by atoms with Crippen LogP contribution < -0.4 is 0 Å². The van der Waals surface area contributed by atoms with Gasteiger partial charge in [0.05, 0.1) is 5.60 Å². The number of hydrogen-bond donors (Lipinski definition) is 1. The van der Waals surface area contributed by atoms with Gasteiger partial charge in [0.1, 0.15) is 0 Å². The molecule has 0 aliphatic heterocycles. The number of unbranched alkanes of at least 4 members (excludes halogenated alkanes) is 8. The lowest BCUT2D eigenvalue weighted by Crippen LogP contribution is -2.28. The molecule has 0 aromatic heterocycles. The first kappa shape index (κ1) is 17.0. The van der Waals surface area contributed by atoms with E-state index in [-0.39, 0.29) is 0 Å². The predicted octanol–water partition coefficient (Wildman–Crippen LogP) is 5.31. The lowest BCUT2D eigenvalue weighted by Gasteiger charge is -2.25. The van der Waals surface area contributed by atoms with E-state index in [4.69, 9.17) is 0 Å². The molecule has 1 nitrogen and oxygen atoms in total. The molecule has 0 rings (SSSR count). The fraction of sp³-hybridized carbons (Fsp3) is 1.00. The summed E-state index contributed by atoms with van der Waals surface area (Å²) < 4.78 is 0. The van der Waals surface area contributed by atoms with Crippen LogP contribution in [0.15, 0.2) is 0 Å². The summed E-state index contributed by atoms with van der Waals surface area (Å²) in [6, 6.07) is 0. The van der Waals surface area contributed by atoms with Crippen molar-refractivity contribution in [2.45, 2.75) is 97.5 Å². The first-order valence-corrected chi connectivity index (χ1v) is 7.70. The maximum Gasteiger partial charge on any atom is 0.0617 e. The Balaban J connectivity index is 3.19. The van der Waals surface area contributed by atoms with Crippen molar-refractivity contribution < 1.29 is 5.11 Å². The molecule has 0 fully saturated rings. The van der Waals surface area contributed by atoms with Gasteiger partial charge in [-0.05, 0) is 26.2 Å². The Labute approximate surface area is 109 Å². The summed E-state index contributed by atoms with van der Waals surface area (Å²) in [5.74, 6) is 0.423. The maximum absolute atomic E-state index is 9.81. The molecule has 0 spiro atoms. The highest BCUT2D eigenvalue weighted by atomic mass is 16.3. The van der Waals surface area contributed by atoms with E-state index in [1.54, 1.807) is 0 Å². The van der Waals surface area contributed by atoms with Crippen molar-refractivity contribution in [3.05, 3.63) is 0 Å². The Bertz CT molecular complexity index is 157. The van der Waals surface area contributed by atoms with Gasteiger partial charge in [-0.2, -0.15) is 0 Å². The van der Waals surface area contributed by atoms with Crippen molar-refractivity contribution in [2.75, 3.05) is 0 Å². The molecule has 0 saturated carbocycles. The second-order valence-corrected chi connectivity index (χ2v) is 6.17. The third-order valence-electron chi connectivity index (χ3n) is 3.95. The molecule has 0 aromatic rings. The smallest absolute Gasteiger partial charge is 0.0617 e. The Morgan fingerprint density at radius 2 is 1.24 bits per heavy atom. The monoisotopic (exact) mass is 242 g/mol. The highest BCUT2D eigenvalue weighted by Gasteiger charge is 2.21. The minimum atomic E-state index is -0.500. The Hall–Kier alpha value is -0.0400. The van der Waals surface area contributed by atoms with Gasteiger partial charge >= 0.3 is 0 Å². The van der Waals surface area contributed by atoms with Crippen molar-refractivity contribution in [2.24, 2.45) is 5.92 Å². The molecule has 17 heavy (non-hydrogen) atoms. The number of hydrogen-bond acceptors (Lipinski definition) is 1. The standard InChI is InChI=1S/C16H34O/c1-5-6-7-8-9-10-11-12-13-14-15(2)16(3,4)17/h15,17H,5-14H2,1-4H3. The van der Waals surface area contributed by atoms with E-state index in [0.717, 1.165) is 0 Å². The molecule has 0 heterocycles. The normalized spacial score (nSPS) is 13.9. The molecule has 0 aliphatic rings. The largest absolute Gasteiger partial charge is 0.390 e. The van der Waals surface area contributed by atoms with Crippen molar-refractivity contribution in [1.82, 2.24) is 0 Å². The third-order valence-corrected chi connectivity index (χ3v) is 3.95. The van der Waals surface area contributed by atoms with E-state index >= 15 is 0 Å². The first-order chi connectivity index (χ1) is 7.98. The second kappa shape index (κ2) is 9.94. The summed E-state index contributed by atoms with van der Waals surface area (Å²) in [6.45, 7) is 8.27. The van der Waals surface area contributed by atoms with Crippen molar-refractivity contribution in [3.63, 3.8) is 0 Å². The van der Waals surface area contributed by atoms with Crippen LogP contribution in [0.5, 0.6) is 0 Å². The SMILES string of the molecule is CCCCCCCCCCCC(C)C(C)(C)O. The average molecular weight is 242 g/mol. The summed E-state index contributed by atoms with van der Waals surface area (Å²) in [5, 5.41) is 9.81. The molecule has 0 aromatic carbocycles. The molecule has 0 saturated heterocycles. The second-order valence-electron chi connectivity index (χ2n) is 6.17. The van der Waals surface area contributed by atoms with Gasteiger partial charge in [-0.1, -0.05) is 71.6 Å². The summed E-state index contributed by atoms with van der Waals surface area (Å²) in [4.78, 5) is 0. The lowest BCUT2D eigenvalue weighted by molar-refractivity contribution is 0.0203. The lowest BCUT2D eigenvalue weighted by atomic mass is 9.88. The molecule has 0 bridgehead atoms. The highest BCUT2D eigenvalue weighted by molar-refractivity contribution is 4.72. The van der Waals surface area contributed by atoms with Gasteiger partial charge in [0.15, 0.2) is 0 Å². The minimum Gasteiger partial charge on any atom is -0.390 e. The van der Waals surface area contributed by atoms with Crippen LogP contribution in [-0.2, 0) is 0 Å². The van der Waals surface area contributed by atoms with Crippen molar-refractivity contribution in [3.8, 4) is 0 Å². The van der Waals surface area contributed by atoms with Gasteiger partial charge in [-0.3, -0.25) is 0 Å². The first-order valence-electron chi connectivity index (χ1n) is 7.70. The van der Waals surface area contributed by atoms with E-state index in [1.165, 1.54) is 64.2 Å². The molecule has 1 unspecified atom stereocenters. The van der Waals surface area contributed by atoms with E-state index in [2.05, 4.69) is 13.8 Å². The topological polar surface area (TPSA) is 20.2 Å². The van der Waals surface area contributed by atoms with Crippen LogP contribution in [0.3, 0.4) is 0 Å². The zero-order valence-electron chi connectivity index (χ0n) is 12.6. The van der Waals surface area contributed by atoms with Gasteiger partial charge in [-0.15, -0.1) is 0 Å². The maximum atomic E-state index is 9.81. The molecule has 0 amide bonds. The van der Waals surface area contributed by atoms with Gasteiger partial charge in [-0.25, -0.2) is 0 Å². The fourth-order valence-electron chi connectivity index (χ4n) is 2.11. The molecule has 104 valence electrons. The van der Waals surface area contributed by atoms with Crippen LogP contribution in [-0.4, -0.2) is 10.7 Å². The van der Waals surface area contributed by atoms with E-state index in [1.807, 2.05) is 13.8 Å². The Morgan fingerprint density at radius 1 is 0.824 bits per heavy atom.